The van der Waals surface area contributed by atoms with Gasteiger partial charge in [-0.05, 0) is 6.92 Å². The molecule has 0 saturated carbocycles. The summed E-state index contributed by atoms with van der Waals surface area (Å²) in [5.74, 6) is 4.16. The van der Waals surface area contributed by atoms with Gasteiger partial charge in [0.05, 0.1) is 0 Å². The third kappa shape index (κ3) is 5.02. The van der Waals surface area contributed by atoms with E-state index in [1.165, 1.54) is 6.08 Å². The van der Waals surface area contributed by atoms with Gasteiger partial charge in [0.1, 0.15) is 0 Å². The summed E-state index contributed by atoms with van der Waals surface area (Å²) >= 11 is 0. The number of hydrazine groups is 1. The van der Waals surface area contributed by atoms with Crippen LogP contribution in [0, 0.1) is 0 Å². The van der Waals surface area contributed by atoms with E-state index in [1.54, 1.807) is 23.8 Å². The number of hydrogen-bond acceptors (Lipinski definition) is 4. The molecular weight excluding hydrogens is 132 g/mol. The highest BCUT2D eigenvalue weighted by Gasteiger charge is 1.89. The average molecular weight is 142 g/mol. The maximum atomic E-state index is 10.4. The van der Waals surface area contributed by atoms with Gasteiger partial charge in [0, 0.05) is 6.08 Å². The first-order valence-corrected chi connectivity index (χ1v) is 2.77. The number of nitrogens with one attached hydrogen (secondary N) is 1. The van der Waals surface area contributed by atoms with Crippen LogP contribution in [0.2, 0.25) is 0 Å². The van der Waals surface area contributed by atoms with E-state index in [4.69, 9.17) is 0 Å². The number of carbonyl (C=O) groups excluding carboxylic acids is 1. The molecule has 0 aromatic rings. The largest absolute Gasteiger partial charge is 0.352 e. The molecule has 0 unspecified atom stereocenters. The van der Waals surface area contributed by atoms with Crippen molar-refractivity contribution in [3.63, 3.8) is 0 Å². The van der Waals surface area contributed by atoms with E-state index in [0.717, 1.165) is 0 Å². The Bertz CT molecular complexity index is 152. The second-order valence-electron chi connectivity index (χ2n) is 1.42. The van der Waals surface area contributed by atoms with Crippen LogP contribution < -0.4 is 11.4 Å². The molecule has 0 spiro atoms. The monoisotopic (exact) mass is 142 g/mol. The van der Waals surface area contributed by atoms with Crippen LogP contribution in [0.5, 0.6) is 0 Å². The molecule has 0 atom stereocenters. The normalized spacial score (nSPS) is 11.0. The summed E-state index contributed by atoms with van der Waals surface area (Å²) in [6.45, 7) is 1.84. The molecule has 56 valence electrons. The van der Waals surface area contributed by atoms with Gasteiger partial charge in [-0.1, -0.05) is 23.8 Å². The first-order chi connectivity index (χ1) is 4.81. The number of allylic oxidation sites excluding steroid dienone is 3. The van der Waals surface area contributed by atoms with Gasteiger partial charge in [0.25, 0.3) is 0 Å². The SMILES string of the molecule is C/C=C/C=C/C(=O)ONN. The van der Waals surface area contributed by atoms with Crippen molar-refractivity contribution in [3.8, 4) is 0 Å². The molecule has 0 radical (unpaired) electrons. The van der Waals surface area contributed by atoms with Gasteiger partial charge in [-0.3, -0.25) is 0 Å². The van der Waals surface area contributed by atoms with Gasteiger partial charge < -0.3 is 4.84 Å². The Morgan fingerprint density at radius 1 is 1.60 bits per heavy atom. The van der Waals surface area contributed by atoms with E-state index < -0.39 is 5.97 Å². The summed E-state index contributed by atoms with van der Waals surface area (Å²) in [4.78, 5) is 14.6. The van der Waals surface area contributed by atoms with Crippen LogP contribution in [0.25, 0.3) is 0 Å². The summed E-state index contributed by atoms with van der Waals surface area (Å²) in [5, 5.41) is 0. The minimum Gasteiger partial charge on any atom is -0.352 e. The molecule has 10 heavy (non-hydrogen) atoms. The van der Waals surface area contributed by atoms with Crippen molar-refractivity contribution in [2.75, 3.05) is 0 Å². The van der Waals surface area contributed by atoms with Gasteiger partial charge in [-0.15, -0.1) is 0 Å². The third-order valence-electron chi connectivity index (χ3n) is 0.695. The summed E-state index contributed by atoms with van der Waals surface area (Å²) in [5.41, 5.74) is 1.77. The van der Waals surface area contributed by atoms with Crippen LogP contribution in [-0.4, -0.2) is 5.97 Å². The van der Waals surface area contributed by atoms with E-state index in [9.17, 15) is 4.79 Å². The van der Waals surface area contributed by atoms with Crippen molar-refractivity contribution in [3.05, 3.63) is 24.3 Å². The lowest BCUT2D eigenvalue weighted by Gasteiger charge is -1.92. The lowest BCUT2D eigenvalue weighted by atomic mass is 10.4. The predicted molar refractivity (Wildman–Crippen MR) is 37.4 cm³/mol. The lowest BCUT2D eigenvalue weighted by Crippen LogP contribution is -2.25. The Labute approximate surface area is 59.3 Å². The van der Waals surface area contributed by atoms with Crippen molar-refractivity contribution in [1.82, 2.24) is 5.59 Å². The lowest BCUT2D eigenvalue weighted by molar-refractivity contribution is -0.145. The molecule has 0 aliphatic rings. The molecule has 0 aliphatic heterocycles. The Hall–Kier alpha value is -1.13. The molecule has 0 rings (SSSR count). The summed E-state index contributed by atoms with van der Waals surface area (Å²) < 4.78 is 0. The van der Waals surface area contributed by atoms with E-state index in [-0.39, 0.29) is 0 Å². The Balaban J connectivity index is 3.56. The molecule has 0 bridgehead atoms. The zero-order valence-electron chi connectivity index (χ0n) is 5.70. The number of nitrogens with two attached hydrogens (primary N) is 1. The van der Waals surface area contributed by atoms with Crippen LogP contribution in [0.1, 0.15) is 6.92 Å². The second kappa shape index (κ2) is 6.00. The van der Waals surface area contributed by atoms with Gasteiger partial charge in [-0.2, -0.15) is 0 Å². The minimum atomic E-state index is -0.527. The molecule has 3 N–H and O–H groups in total. The van der Waals surface area contributed by atoms with Crippen LogP contribution in [-0.2, 0) is 9.63 Å². The Kier molecular flexibility index (Phi) is 5.32. The summed E-state index contributed by atoms with van der Waals surface area (Å²) in [6, 6.07) is 0. The first kappa shape index (κ1) is 8.87. The van der Waals surface area contributed by atoms with E-state index in [0.29, 0.717) is 0 Å². The van der Waals surface area contributed by atoms with E-state index >= 15 is 0 Å². The zero-order chi connectivity index (χ0) is 7.82. The van der Waals surface area contributed by atoms with Crippen LogP contribution in [0.4, 0.5) is 0 Å². The van der Waals surface area contributed by atoms with Gasteiger partial charge in [-0.25, -0.2) is 10.6 Å². The quantitative estimate of drug-likeness (QED) is 0.253. The zero-order valence-corrected chi connectivity index (χ0v) is 5.70. The molecule has 0 aromatic carbocycles. The Morgan fingerprint density at radius 2 is 2.30 bits per heavy atom. The molecule has 4 nitrogen and oxygen atoms in total. The molecule has 0 amide bonds. The maximum absolute atomic E-state index is 10.4. The Morgan fingerprint density at radius 3 is 2.80 bits per heavy atom. The van der Waals surface area contributed by atoms with Crippen LogP contribution >= 0.6 is 0 Å². The van der Waals surface area contributed by atoms with Crippen molar-refractivity contribution >= 4 is 5.97 Å². The average Bonchev–Trinajstić information content (AvgIpc) is 1.89. The molecule has 0 aromatic heterocycles. The second-order valence-corrected chi connectivity index (χ2v) is 1.42. The molecule has 0 aliphatic carbocycles. The smallest absolute Gasteiger partial charge is 0.350 e. The topological polar surface area (TPSA) is 64.3 Å². The van der Waals surface area contributed by atoms with Crippen LogP contribution in [0.3, 0.4) is 0 Å². The van der Waals surface area contributed by atoms with E-state index in [1.807, 2.05) is 6.92 Å². The number of rotatable bonds is 3. The van der Waals surface area contributed by atoms with Crippen molar-refractivity contribution in [2.45, 2.75) is 6.92 Å². The fourth-order valence-corrected chi connectivity index (χ4v) is 0.337. The summed E-state index contributed by atoms with van der Waals surface area (Å²) in [7, 11) is 0. The van der Waals surface area contributed by atoms with Crippen molar-refractivity contribution < 1.29 is 9.63 Å². The highest BCUT2D eigenvalue weighted by Crippen LogP contribution is 1.78. The van der Waals surface area contributed by atoms with Gasteiger partial charge >= 0.3 is 5.97 Å². The number of carbonyl (C=O) groups is 1. The highest BCUT2D eigenvalue weighted by atomic mass is 16.7. The molecule has 0 saturated heterocycles. The van der Waals surface area contributed by atoms with Crippen LogP contribution in [0.15, 0.2) is 24.3 Å². The molecule has 0 fully saturated rings. The summed E-state index contributed by atoms with van der Waals surface area (Å²) in [6.07, 6.45) is 6.30. The number of hydrogen-bond donors (Lipinski definition) is 2. The van der Waals surface area contributed by atoms with Crippen molar-refractivity contribution in [1.29, 1.82) is 0 Å². The molecule has 4 heteroatoms. The third-order valence-corrected chi connectivity index (χ3v) is 0.695. The first-order valence-electron chi connectivity index (χ1n) is 2.77. The van der Waals surface area contributed by atoms with Crippen molar-refractivity contribution in [2.24, 2.45) is 5.84 Å². The predicted octanol–water partition coefficient (Wildman–Crippen LogP) is 0.0402. The fourth-order valence-electron chi connectivity index (χ4n) is 0.337. The maximum Gasteiger partial charge on any atom is 0.350 e. The highest BCUT2D eigenvalue weighted by molar-refractivity contribution is 5.81. The minimum absolute atomic E-state index is 0.527. The fraction of sp³-hybridized carbons (Fsp3) is 0.167. The molecular formula is C6H10N2O2. The van der Waals surface area contributed by atoms with E-state index in [2.05, 4.69) is 10.7 Å². The standard InChI is InChI=1S/C6H10N2O2/c1-2-3-4-5-6(9)10-8-7/h2-5,8H,7H2,1H3/b3-2+,5-4+. The van der Waals surface area contributed by atoms with Gasteiger partial charge in [0.2, 0.25) is 0 Å². The van der Waals surface area contributed by atoms with Gasteiger partial charge in [0.15, 0.2) is 0 Å². The molecule has 0 heterocycles.